The number of rotatable bonds is 6. The van der Waals surface area contributed by atoms with Crippen LogP contribution in [0.4, 0.5) is 34.1 Å². The van der Waals surface area contributed by atoms with Crippen LogP contribution in [0.1, 0.15) is 22.3 Å². The van der Waals surface area contributed by atoms with E-state index < -0.39 is 0 Å². The van der Waals surface area contributed by atoms with Crippen molar-refractivity contribution in [3.05, 3.63) is 235 Å². The van der Waals surface area contributed by atoms with Gasteiger partial charge in [-0.1, -0.05) is 158 Å². The Morgan fingerprint density at radius 1 is 0.333 bits per heavy atom. The van der Waals surface area contributed by atoms with Crippen LogP contribution in [0.25, 0.3) is 115 Å². The van der Waals surface area contributed by atoms with Gasteiger partial charge >= 0.3 is 0 Å². The summed E-state index contributed by atoms with van der Waals surface area (Å²) in [6.45, 7) is 4.43. The van der Waals surface area contributed by atoms with Crippen LogP contribution in [0.15, 0.2) is 226 Å². The number of fused-ring (bicyclic) bond motifs is 20. The number of nitrogens with zero attached hydrogens (tertiary/aromatic N) is 3. The quantitative estimate of drug-likeness (QED) is 0.166. The van der Waals surface area contributed by atoms with Crippen LogP contribution in [0.3, 0.4) is 0 Å². The highest BCUT2D eigenvalue weighted by Gasteiger charge is 2.34. The van der Waals surface area contributed by atoms with Crippen molar-refractivity contribution in [3.63, 3.8) is 0 Å². The minimum Gasteiger partial charge on any atom is -0.454 e. The van der Waals surface area contributed by atoms with Gasteiger partial charge < -0.3 is 27.5 Å². The van der Waals surface area contributed by atoms with Gasteiger partial charge in [-0.25, -0.2) is 0 Å². The molecular formula is C69H43N3O3. The first-order valence-corrected chi connectivity index (χ1v) is 25.8. The lowest BCUT2D eigenvalue weighted by atomic mass is 9.99. The normalized spacial score (nSPS) is 12.6. The van der Waals surface area contributed by atoms with Crippen molar-refractivity contribution in [1.29, 1.82) is 0 Å². The molecule has 75 heavy (non-hydrogen) atoms. The number of aromatic nitrogens is 1. The second-order valence-electron chi connectivity index (χ2n) is 20.4. The average molecular weight is 962 g/mol. The SMILES string of the molecule is Cc1ccccc1N(c1cccc2c1Cc1ccccc1-2)c1cc2c3ccccc3oc2c2c1c1cccc3c4c(N(c5ccccc5C)c5cccc6c5oc5ccccc56)cc5c6ccccc6oc5c4n2c13. The highest BCUT2D eigenvalue weighted by atomic mass is 16.3. The van der Waals surface area contributed by atoms with Crippen molar-refractivity contribution in [2.75, 3.05) is 9.80 Å². The van der Waals surface area contributed by atoms with Gasteiger partial charge in [0.05, 0.1) is 28.3 Å². The van der Waals surface area contributed by atoms with Crippen molar-refractivity contribution in [1.82, 2.24) is 4.40 Å². The molecule has 352 valence electrons. The molecule has 0 unspecified atom stereocenters. The van der Waals surface area contributed by atoms with Crippen LogP contribution in [-0.2, 0) is 6.42 Å². The second kappa shape index (κ2) is 14.9. The van der Waals surface area contributed by atoms with Crippen LogP contribution in [0, 0.1) is 13.8 Å². The van der Waals surface area contributed by atoms with Crippen molar-refractivity contribution in [2.24, 2.45) is 0 Å². The molecule has 16 aromatic rings. The number of furan rings is 3. The third-order valence-corrected chi connectivity index (χ3v) is 16.4. The van der Waals surface area contributed by atoms with Crippen LogP contribution in [0.5, 0.6) is 0 Å². The number of hydrogen-bond acceptors (Lipinski definition) is 5. The predicted octanol–water partition coefficient (Wildman–Crippen LogP) is 19.7. The molecule has 1 aliphatic carbocycles. The van der Waals surface area contributed by atoms with Crippen LogP contribution in [0.2, 0.25) is 0 Å². The molecule has 6 nitrogen and oxygen atoms in total. The molecule has 0 N–H and O–H groups in total. The van der Waals surface area contributed by atoms with Gasteiger partial charge in [0.15, 0.2) is 16.7 Å². The fraction of sp³-hybridized carbons (Fsp3) is 0.0435. The Labute approximate surface area is 429 Å². The van der Waals surface area contributed by atoms with Crippen LogP contribution in [-0.4, -0.2) is 4.40 Å². The number of hydrogen-bond donors (Lipinski definition) is 0. The summed E-state index contributed by atoms with van der Waals surface area (Å²) in [6.07, 6.45) is 0.843. The highest BCUT2D eigenvalue weighted by Crippen LogP contribution is 2.56. The summed E-state index contributed by atoms with van der Waals surface area (Å²) in [6, 6.07) is 76.7. The minimum atomic E-state index is 0.820. The summed E-state index contributed by atoms with van der Waals surface area (Å²) < 4.78 is 23.9. The van der Waals surface area contributed by atoms with E-state index in [9.17, 15) is 0 Å². The van der Waals surface area contributed by atoms with Gasteiger partial charge in [0.2, 0.25) is 0 Å². The van der Waals surface area contributed by atoms with E-state index in [4.69, 9.17) is 13.3 Å². The van der Waals surface area contributed by atoms with Gasteiger partial charge in [0, 0.05) is 71.7 Å². The van der Waals surface area contributed by atoms with E-state index in [2.05, 4.69) is 234 Å². The maximum Gasteiger partial charge on any atom is 0.160 e. The first-order valence-electron chi connectivity index (χ1n) is 25.8. The first-order chi connectivity index (χ1) is 37.1. The topological polar surface area (TPSA) is 50.3 Å². The van der Waals surface area contributed by atoms with E-state index in [-0.39, 0.29) is 0 Å². The molecule has 0 spiro atoms. The lowest BCUT2D eigenvalue weighted by Crippen LogP contribution is -2.14. The number of anilines is 6. The molecule has 11 aromatic carbocycles. The van der Waals surface area contributed by atoms with Crippen molar-refractivity contribution >= 4 is 138 Å². The first kappa shape index (κ1) is 40.8. The number of benzene rings is 11. The summed E-state index contributed by atoms with van der Waals surface area (Å²) in [7, 11) is 0. The highest BCUT2D eigenvalue weighted by molar-refractivity contribution is 6.36. The Morgan fingerprint density at radius 2 is 0.760 bits per heavy atom. The third kappa shape index (κ3) is 5.42. The smallest absolute Gasteiger partial charge is 0.160 e. The molecule has 0 saturated carbocycles. The molecule has 6 heteroatoms. The summed E-state index contributed by atoms with van der Waals surface area (Å²) in [4.78, 5) is 4.98. The van der Waals surface area contributed by atoms with Gasteiger partial charge in [0.25, 0.3) is 0 Å². The Balaban J connectivity index is 1.08. The Bertz CT molecular complexity index is 5100. The van der Waals surface area contributed by atoms with Crippen molar-refractivity contribution in [2.45, 2.75) is 20.3 Å². The maximum atomic E-state index is 7.25. The fourth-order valence-corrected chi connectivity index (χ4v) is 13.2. The van der Waals surface area contributed by atoms with E-state index in [0.29, 0.717) is 0 Å². The minimum absolute atomic E-state index is 0.820. The summed E-state index contributed by atoms with van der Waals surface area (Å²) in [5, 5.41) is 10.8. The van der Waals surface area contributed by atoms with Gasteiger partial charge in [-0.2, -0.15) is 0 Å². The zero-order valence-electron chi connectivity index (χ0n) is 41.0. The van der Waals surface area contributed by atoms with E-state index in [1.807, 2.05) is 6.07 Å². The zero-order chi connectivity index (χ0) is 49.2. The van der Waals surface area contributed by atoms with E-state index in [0.717, 1.165) is 150 Å². The summed E-state index contributed by atoms with van der Waals surface area (Å²) in [5.41, 5.74) is 22.1. The van der Waals surface area contributed by atoms with Crippen molar-refractivity contribution in [3.8, 4) is 11.1 Å². The molecule has 0 fully saturated rings. The monoisotopic (exact) mass is 961 g/mol. The number of para-hydroxylation sites is 7. The molecule has 1 aliphatic rings. The maximum absolute atomic E-state index is 7.25. The van der Waals surface area contributed by atoms with E-state index in [1.54, 1.807) is 0 Å². The molecule has 5 aromatic heterocycles. The predicted molar refractivity (Wildman–Crippen MR) is 310 cm³/mol. The van der Waals surface area contributed by atoms with Gasteiger partial charge in [-0.15, -0.1) is 0 Å². The Kier molecular flexibility index (Phi) is 8.10. The van der Waals surface area contributed by atoms with Gasteiger partial charge in [-0.05, 0) is 102 Å². The second-order valence-corrected chi connectivity index (χ2v) is 20.4. The van der Waals surface area contributed by atoms with Crippen molar-refractivity contribution < 1.29 is 13.3 Å². The fourth-order valence-electron chi connectivity index (χ4n) is 13.2. The van der Waals surface area contributed by atoms with E-state index >= 15 is 0 Å². The van der Waals surface area contributed by atoms with Gasteiger partial charge in [-0.3, -0.25) is 0 Å². The largest absolute Gasteiger partial charge is 0.454 e. The number of aryl methyl sites for hydroxylation is 2. The lowest BCUT2D eigenvalue weighted by molar-refractivity contribution is 0.669. The molecule has 17 rings (SSSR count). The molecule has 0 atom stereocenters. The molecule has 5 heterocycles. The Morgan fingerprint density at radius 3 is 1.37 bits per heavy atom. The molecule has 0 amide bonds. The molecular weight excluding hydrogens is 919 g/mol. The zero-order valence-corrected chi connectivity index (χ0v) is 41.0. The lowest BCUT2D eigenvalue weighted by Gasteiger charge is -2.30. The molecule has 0 aliphatic heterocycles. The molecule has 0 saturated heterocycles. The molecule has 0 radical (unpaired) electrons. The third-order valence-electron chi connectivity index (χ3n) is 16.4. The summed E-state index contributed by atoms with van der Waals surface area (Å²) in [5.74, 6) is 0. The standard InChI is InChI=1S/C69H43N3O3/c1-39-18-3-10-29-53(39)70(55-31-16-25-43-42-21-6-5-20-41(42)36-50(43)55)57-37-51-45-23-8-13-34-60(45)74-68(51)65-62(57)48-27-15-28-49-63-58(38-52-46-24-9-14-35-61(46)75-69(52)66(63)72(65)64(48)49)71(54-30-11-4-19-40(54)2)56-32-17-26-47-44-22-7-12-33-59(44)73-67(47)56/h3-35,37-38H,36H2,1-2H3. The molecule has 0 bridgehead atoms. The Hall–Kier alpha value is -9.78. The van der Waals surface area contributed by atoms with Crippen LogP contribution < -0.4 is 9.80 Å². The van der Waals surface area contributed by atoms with Crippen LogP contribution >= 0.6 is 0 Å². The van der Waals surface area contributed by atoms with Gasteiger partial charge in [0.1, 0.15) is 27.8 Å². The average Bonchev–Trinajstić information content (AvgIpc) is 4.49. The summed E-state index contributed by atoms with van der Waals surface area (Å²) >= 11 is 0. The van der Waals surface area contributed by atoms with E-state index in [1.165, 1.54) is 27.8 Å².